The van der Waals surface area contributed by atoms with Crippen molar-refractivity contribution in [1.82, 2.24) is 0 Å². The SMILES string of the molecule is COc1ccc2c(c1O)[C@@H](Cc1ccc(O)cc1)[N+](C)(C)CC2. The fraction of sp³-hybridized carbons (Fsp3) is 0.368. The number of ether oxygens (including phenoxy) is 1. The zero-order chi connectivity index (χ0) is 16.6. The van der Waals surface area contributed by atoms with Crippen LogP contribution in [0.15, 0.2) is 36.4 Å². The third-order valence-electron chi connectivity index (χ3n) is 4.99. The molecule has 0 saturated carbocycles. The van der Waals surface area contributed by atoms with Crippen molar-refractivity contribution in [3.63, 3.8) is 0 Å². The Morgan fingerprint density at radius 3 is 2.43 bits per heavy atom. The van der Waals surface area contributed by atoms with Gasteiger partial charge >= 0.3 is 0 Å². The topological polar surface area (TPSA) is 49.7 Å². The molecule has 1 aliphatic rings. The van der Waals surface area contributed by atoms with Crippen molar-refractivity contribution in [3.8, 4) is 17.2 Å². The molecule has 0 aromatic heterocycles. The van der Waals surface area contributed by atoms with Crippen LogP contribution in [0.25, 0.3) is 0 Å². The number of rotatable bonds is 3. The molecular formula is C19H24NO3+. The van der Waals surface area contributed by atoms with Gasteiger partial charge in [0.1, 0.15) is 11.8 Å². The summed E-state index contributed by atoms with van der Waals surface area (Å²) < 4.78 is 6.12. The van der Waals surface area contributed by atoms with E-state index in [-0.39, 0.29) is 17.5 Å². The number of hydrogen-bond donors (Lipinski definition) is 2. The average molecular weight is 314 g/mol. The fourth-order valence-electron chi connectivity index (χ4n) is 3.50. The van der Waals surface area contributed by atoms with Crippen LogP contribution < -0.4 is 4.74 Å². The maximum atomic E-state index is 10.7. The Bertz CT molecular complexity index is 707. The number of quaternary nitrogens is 1. The highest BCUT2D eigenvalue weighted by Gasteiger charge is 2.38. The van der Waals surface area contributed by atoms with Crippen LogP contribution in [0, 0.1) is 0 Å². The Kier molecular flexibility index (Phi) is 3.94. The van der Waals surface area contributed by atoms with Gasteiger partial charge in [0.2, 0.25) is 0 Å². The molecule has 2 aromatic rings. The maximum absolute atomic E-state index is 10.7. The molecule has 0 saturated heterocycles. The van der Waals surface area contributed by atoms with Gasteiger partial charge in [-0.05, 0) is 29.3 Å². The molecule has 0 radical (unpaired) electrons. The molecule has 2 aromatic carbocycles. The molecule has 1 atom stereocenters. The smallest absolute Gasteiger partial charge is 0.167 e. The van der Waals surface area contributed by atoms with Gasteiger partial charge in [-0.25, -0.2) is 0 Å². The Hall–Kier alpha value is -2.20. The van der Waals surface area contributed by atoms with Crippen LogP contribution in [-0.4, -0.2) is 42.4 Å². The standard InChI is InChI=1S/C19H23NO3/c1-20(2)11-10-14-6-9-17(23-3)19(22)18(14)16(20)12-13-4-7-15(21)8-5-13/h4-9,16H,10-12H2,1-3H3,(H-,21,22)/p+1/t16-/m1/s1. The quantitative estimate of drug-likeness (QED) is 0.856. The van der Waals surface area contributed by atoms with Gasteiger partial charge < -0.3 is 19.4 Å². The highest BCUT2D eigenvalue weighted by molar-refractivity contribution is 5.52. The van der Waals surface area contributed by atoms with Gasteiger partial charge in [-0.15, -0.1) is 0 Å². The molecule has 2 N–H and O–H groups in total. The number of nitrogens with zero attached hydrogens (tertiary/aromatic N) is 1. The molecule has 1 aliphatic heterocycles. The summed E-state index contributed by atoms with van der Waals surface area (Å²) >= 11 is 0. The molecular weight excluding hydrogens is 290 g/mol. The van der Waals surface area contributed by atoms with Gasteiger partial charge in [-0.2, -0.15) is 0 Å². The number of fused-ring (bicyclic) bond motifs is 1. The van der Waals surface area contributed by atoms with Gasteiger partial charge in [0.15, 0.2) is 11.5 Å². The number of methoxy groups -OCH3 is 1. The summed E-state index contributed by atoms with van der Waals surface area (Å²) in [6.45, 7) is 1.03. The summed E-state index contributed by atoms with van der Waals surface area (Å²) in [5.41, 5.74) is 3.34. The molecule has 1 heterocycles. The van der Waals surface area contributed by atoms with Crippen molar-refractivity contribution in [2.45, 2.75) is 18.9 Å². The number of benzene rings is 2. The van der Waals surface area contributed by atoms with Gasteiger partial charge in [-0.3, -0.25) is 0 Å². The van der Waals surface area contributed by atoms with E-state index in [4.69, 9.17) is 4.74 Å². The summed E-state index contributed by atoms with van der Waals surface area (Å²) in [4.78, 5) is 0. The first-order chi connectivity index (χ1) is 10.9. The minimum absolute atomic E-state index is 0.151. The molecule has 0 aliphatic carbocycles. The molecule has 0 spiro atoms. The van der Waals surface area contributed by atoms with Crippen LogP contribution >= 0.6 is 0 Å². The Morgan fingerprint density at radius 1 is 1.09 bits per heavy atom. The minimum atomic E-state index is 0.151. The lowest BCUT2D eigenvalue weighted by atomic mass is 9.86. The highest BCUT2D eigenvalue weighted by Crippen LogP contribution is 2.44. The predicted octanol–water partition coefficient (Wildman–Crippen LogP) is 3.02. The molecule has 0 amide bonds. The van der Waals surface area contributed by atoms with Crippen LogP contribution in [0.1, 0.15) is 22.7 Å². The van der Waals surface area contributed by atoms with Crippen molar-refractivity contribution in [1.29, 1.82) is 0 Å². The van der Waals surface area contributed by atoms with E-state index in [1.165, 1.54) is 5.56 Å². The second-order valence-electron chi connectivity index (χ2n) is 6.83. The molecule has 4 nitrogen and oxygen atoms in total. The lowest BCUT2D eigenvalue weighted by molar-refractivity contribution is -0.923. The zero-order valence-electron chi connectivity index (χ0n) is 13.9. The van der Waals surface area contributed by atoms with Gasteiger partial charge in [0.05, 0.1) is 33.3 Å². The molecule has 122 valence electrons. The Balaban J connectivity index is 2.05. The van der Waals surface area contributed by atoms with Crippen molar-refractivity contribution in [2.24, 2.45) is 0 Å². The number of aromatic hydroxyl groups is 2. The summed E-state index contributed by atoms with van der Waals surface area (Å²) in [6, 6.07) is 11.4. The second kappa shape index (κ2) is 5.78. The number of likely N-dealkylation sites (N-methyl/N-ethyl adjacent to an activating group) is 1. The summed E-state index contributed by atoms with van der Waals surface area (Å²) in [5.74, 6) is 1.07. The van der Waals surface area contributed by atoms with Crippen molar-refractivity contribution in [3.05, 3.63) is 53.1 Å². The predicted molar refractivity (Wildman–Crippen MR) is 89.9 cm³/mol. The van der Waals surface area contributed by atoms with E-state index in [1.807, 2.05) is 18.2 Å². The lowest BCUT2D eigenvalue weighted by Gasteiger charge is -2.43. The summed E-state index contributed by atoms with van der Waals surface area (Å²) in [5, 5.41) is 20.2. The minimum Gasteiger partial charge on any atom is -0.508 e. The van der Waals surface area contributed by atoms with Crippen LogP contribution in [-0.2, 0) is 12.8 Å². The number of phenolic OH excluding ortho intramolecular Hbond substituents is 2. The first-order valence-corrected chi connectivity index (χ1v) is 7.91. The van der Waals surface area contributed by atoms with Crippen LogP contribution in [0.5, 0.6) is 17.2 Å². The largest absolute Gasteiger partial charge is 0.508 e. The number of hydrogen-bond acceptors (Lipinski definition) is 3. The van der Waals surface area contributed by atoms with Gasteiger partial charge in [0, 0.05) is 12.8 Å². The normalized spacial score (nSPS) is 19.2. The number of phenols is 2. The van der Waals surface area contributed by atoms with Crippen LogP contribution in [0.3, 0.4) is 0 Å². The summed E-state index contributed by atoms with van der Waals surface area (Å²) in [6.07, 6.45) is 1.76. The molecule has 0 fully saturated rings. The monoisotopic (exact) mass is 314 g/mol. The van der Waals surface area contributed by atoms with E-state index < -0.39 is 0 Å². The maximum Gasteiger partial charge on any atom is 0.167 e. The van der Waals surface area contributed by atoms with E-state index in [2.05, 4.69) is 20.2 Å². The third-order valence-corrected chi connectivity index (χ3v) is 4.99. The van der Waals surface area contributed by atoms with Crippen molar-refractivity contribution >= 4 is 0 Å². The molecule has 0 unspecified atom stereocenters. The Labute approximate surface area is 137 Å². The van der Waals surface area contributed by atoms with E-state index in [0.29, 0.717) is 5.75 Å². The second-order valence-corrected chi connectivity index (χ2v) is 6.83. The van der Waals surface area contributed by atoms with E-state index >= 15 is 0 Å². The van der Waals surface area contributed by atoms with E-state index in [0.717, 1.165) is 35.0 Å². The van der Waals surface area contributed by atoms with E-state index in [1.54, 1.807) is 19.2 Å². The van der Waals surface area contributed by atoms with Crippen LogP contribution in [0.2, 0.25) is 0 Å². The van der Waals surface area contributed by atoms with E-state index in [9.17, 15) is 10.2 Å². The average Bonchev–Trinajstić information content (AvgIpc) is 2.52. The molecule has 4 heteroatoms. The zero-order valence-corrected chi connectivity index (χ0v) is 13.9. The van der Waals surface area contributed by atoms with Crippen LogP contribution in [0.4, 0.5) is 0 Å². The third kappa shape index (κ3) is 2.86. The molecule has 23 heavy (non-hydrogen) atoms. The molecule has 0 bridgehead atoms. The Morgan fingerprint density at radius 2 is 1.78 bits per heavy atom. The summed E-state index contributed by atoms with van der Waals surface area (Å²) in [7, 11) is 5.99. The van der Waals surface area contributed by atoms with Gasteiger partial charge in [-0.1, -0.05) is 18.2 Å². The highest BCUT2D eigenvalue weighted by atomic mass is 16.5. The van der Waals surface area contributed by atoms with Crippen molar-refractivity contribution in [2.75, 3.05) is 27.7 Å². The van der Waals surface area contributed by atoms with Crippen molar-refractivity contribution < 1.29 is 19.4 Å². The fourth-order valence-corrected chi connectivity index (χ4v) is 3.50. The first kappa shape index (κ1) is 15.7. The lowest BCUT2D eigenvalue weighted by Crippen LogP contribution is -2.48. The first-order valence-electron chi connectivity index (χ1n) is 7.91. The van der Waals surface area contributed by atoms with Gasteiger partial charge in [0.25, 0.3) is 0 Å². The molecule has 3 rings (SSSR count).